The fourth-order valence-electron chi connectivity index (χ4n) is 1.95. The second-order valence-corrected chi connectivity index (χ2v) is 3.69. The normalized spacial score (nSPS) is 19.8. The van der Waals surface area contributed by atoms with E-state index in [1.54, 1.807) is 6.92 Å². The van der Waals surface area contributed by atoms with E-state index in [4.69, 9.17) is 11.1 Å². The molecule has 0 aromatic heterocycles. The molecule has 4 heteroatoms. The third-order valence-electron chi connectivity index (χ3n) is 2.55. The SMILES string of the molecule is CC(=N)N[C@H](C(N)=O)C1CCCC1. The van der Waals surface area contributed by atoms with E-state index >= 15 is 0 Å². The van der Waals surface area contributed by atoms with Gasteiger partial charge in [-0.1, -0.05) is 12.8 Å². The summed E-state index contributed by atoms with van der Waals surface area (Å²) in [7, 11) is 0. The van der Waals surface area contributed by atoms with Crippen LogP contribution in [0.1, 0.15) is 32.6 Å². The molecule has 4 N–H and O–H groups in total. The molecule has 0 aromatic rings. The average molecular weight is 183 g/mol. The number of amides is 1. The van der Waals surface area contributed by atoms with Crippen molar-refractivity contribution < 1.29 is 4.79 Å². The summed E-state index contributed by atoms with van der Waals surface area (Å²) in [5.74, 6) is 0.312. The fraction of sp³-hybridized carbons (Fsp3) is 0.778. The first-order valence-corrected chi connectivity index (χ1v) is 4.72. The number of nitrogens with one attached hydrogen (secondary N) is 2. The number of rotatable bonds is 3. The summed E-state index contributed by atoms with van der Waals surface area (Å²) in [6.07, 6.45) is 4.45. The van der Waals surface area contributed by atoms with Crippen molar-refractivity contribution in [3.8, 4) is 0 Å². The summed E-state index contributed by atoms with van der Waals surface area (Å²) in [5, 5.41) is 10.1. The number of carbonyl (C=O) groups is 1. The van der Waals surface area contributed by atoms with E-state index in [2.05, 4.69) is 5.32 Å². The zero-order valence-corrected chi connectivity index (χ0v) is 7.97. The van der Waals surface area contributed by atoms with Crippen LogP contribution in [0.25, 0.3) is 0 Å². The second-order valence-electron chi connectivity index (χ2n) is 3.69. The lowest BCUT2D eigenvalue weighted by molar-refractivity contribution is -0.120. The third-order valence-corrected chi connectivity index (χ3v) is 2.55. The van der Waals surface area contributed by atoms with Gasteiger partial charge in [0.2, 0.25) is 5.91 Å². The van der Waals surface area contributed by atoms with Gasteiger partial charge in [-0.3, -0.25) is 10.2 Å². The van der Waals surface area contributed by atoms with Crippen LogP contribution in [0.2, 0.25) is 0 Å². The van der Waals surface area contributed by atoms with Gasteiger partial charge in [-0.25, -0.2) is 0 Å². The summed E-state index contributed by atoms with van der Waals surface area (Å²) < 4.78 is 0. The van der Waals surface area contributed by atoms with Crippen LogP contribution in [0.5, 0.6) is 0 Å². The number of hydrogen-bond acceptors (Lipinski definition) is 2. The molecule has 0 radical (unpaired) electrons. The van der Waals surface area contributed by atoms with Crippen LogP contribution in [0.15, 0.2) is 0 Å². The number of amidine groups is 1. The van der Waals surface area contributed by atoms with Gasteiger partial charge in [0.1, 0.15) is 6.04 Å². The van der Waals surface area contributed by atoms with Crippen molar-refractivity contribution in [3.05, 3.63) is 0 Å². The molecule has 0 bridgehead atoms. The van der Waals surface area contributed by atoms with Crippen LogP contribution in [-0.2, 0) is 4.79 Å². The molecule has 0 heterocycles. The maximum absolute atomic E-state index is 11.1. The van der Waals surface area contributed by atoms with E-state index in [1.165, 1.54) is 12.8 Å². The van der Waals surface area contributed by atoms with Crippen molar-refractivity contribution in [2.45, 2.75) is 38.6 Å². The van der Waals surface area contributed by atoms with Crippen molar-refractivity contribution in [2.24, 2.45) is 11.7 Å². The molecule has 0 saturated heterocycles. The van der Waals surface area contributed by atoms with Crippen molar-refractivity contribution in [1.29, 1.82) is 5.41 Å². The number of nitrogens with two attached hydrogens (primary N) is 1. The highest BCUT2D eigenvalue weighted by Gasteiger charge is 2.28. The number of carbonyl (C=O) groups excluding carboxylic acids is 1. The summed E-state index contributed by atoms with van der Waals surface area (Å²) in [6.45, 7) is 1.63. The summed E-state index contributed by atoms with van der Waals surface area (Å²) in [4.78, 5) is 11.1. The van der Waals surface area contributed by atoms with Crippen molar-refractivity contribution in [3.63, 3.8) is 0 Å². The molecule has 0 aromatic carbocycles. The summed E-state index contributed by atoms with van der Waals surface area (Å²) in [6, 6.07) is -0.333. The smallest absolute Gasteiger partial charge is 0.240 e. The minimum atomic E-state index is -0.335. The molecule has 74 valence electrons. The van der Waals surface area contributed by atoms with E-state index in [0.29, 0.717) is 11.8 Å². The molecular formula is C9H17N3O. The highest BCUT2D eigenvalue weighted by atomic mass is 16.1. The number of hydrogen-bond donors (Lipinski definition) is 3. The van der Waals surface area contributed by atoms with Crippen LogP contribution < -0.4 is 11.1 Å². The van der Waals surface area contributed by atoms with Crippen LogP contribution in [0.3, 0.4) is 0 Å². The zero-order chi connectivity index (χ0) is 9.84. The molecule has 4 nitrogen and oxygen atoms in total. The van der Waals surface area contributed by atoms with Gasteiger partial charge in [-0.05, 0) is 25.7 Å². The minimum Gasteiger partial charge on any atom is -0.368 e. The van der Waals surface area contributed by atoms with Gasteiger partial charge in [-0.15, -0.1) is 0 Å². The zero-order valence-electron chi connectivity index (χ0n) is 7.97. The van der Waals surface area contributed by atoms with Crippen LogP contribution >= 0.6 is 0 Å². The van der Waals surface area contributed by atoms with Crippen molar-refractivity contribution in [1.82, 2.24) is 5.32 Å². The Morgan fingerprint density at radius 1 is 1.54 bits per heavy atom. The Kier molecular flexibility index (Phi) is 3.28. The predicted molar refractivity (Wildman–Crippen MR) is 51.5 cm³/mol. The molecular weight excluding hydrogens is 166 g/mol. The number of primary amides is 1. The summed E-state index contributed by atoms with van der Waals surface area (Å²) in [5.41, 5.74) is 5.27. The fourth-order valence-corrected chi connectivity index (χ4v) is 1.95. The highest BCUT2D eigenvalue weighted by molar-refractivity contribution is 5.86. The molecule has 1 atom stereocenters. The molecule has 1 aliphatic rings. The Morgan fingerprint density at radius 2 is 2.08 bits per heavy atom. The lowest BCUT2D eigenvalue weighted by Gasteiger charge is -2.21. The molecule has 0 spiro atoms. The molecule has 0 aliphatic heterocycles. The summed E-state index contributed by atoms with van der Waals surface area (Å²) >= 11 is 0. The average Bonchev–Trinajstić information content (AvgIpc) is 2.50. The Labute approximate surface area is 78.4 Å². The van der Waals surface area contributed by atoms with Gasteiger partial charge in [0, 0.05) is 0 Å². The van der Waals surface area contributed by atoms with Gasteiger partial charge in [0.05, 0.1) is 5.84 Å². The lowest BCUT2D eigenvalue weighted by Crippen LogP contribution is -2.47. The largest absolute Gasteiger partial charge is 0.368 e. The van der Waals surface area contributed by atoms with Crippen LogP contribution in [0.4, 0.5) is 0 Å². The van der Waals surface area contributed by atoms with Gasteiger partial charge in [0.25, 0.3) is 0 Å². The Hall–Kier alpha value is -1.06. The molecule has 1 saturated carbocycles. The van der Waals surface area contributed by atoms with E-state index in [1.807, 2.05) is 0 Å². The maximum atomic E-state index is 11.1. The monoisotopic (exact) mass is 183 g/mol. The third kappa shape index (κ3) is 2.72. The van der Waals surface area contributed by atoms with E-state index < -0.39 is 0 Å². The van der Waals surface area contributed by atoms with Gasteiger partial charge in [0.15, 0.2) is 0 Å². The maximum Gasteiger partial charge on any atom is 0.240 e. The predicted octanol–water partition coefficient (Wildman–Crippen LogP) is 0.617. The molecule has 1 fully saturated rings. The van der Waals surface area contributed by atoms with Gasteiger partial charge < -0.3 is 11.1 Å². The Bertz CT molecular complexity index is 209. The van der Waals surface area contributed by atoms with Crippen molar-refractivity contribution in [2.75, 3.05) is 0 Å². The Balaban J connectivity index is 2.55. The standard InChI is InChI=1S/C9H17N3O/c1-6(10)12-8(9(11)13)7-4-2-3-5-7/h7-8H,2-5H2,1H3,(H2,10,12)(H2,11,13)/t8-/m0/s1. The minimum absolute atomic E-state index is 0.315. The molecule has 0 unspecified atom stereocenters. The molecule has 13 heavy (non-hydrogen) atoms. The molecule has 1 amide bonds. The Morgan fingerprint density at radius 3 is 2.46 bits per heavy atom. The van der Waals surface area contributed by atoms with Crippen molar-refractivity contribution >= 4 is 11.7 Å². The first kappa shape index (κ1) is 10.0. The van der Waals surface area contributed by atoms with Crippen LogP contribution in [-0.4, -0.2) is 17.8 Å². The quantitative estimate of drug-likeness (QED) is 0.443. The molecule has 1 aliphatic carbocycles. The molecule has 1 rings (SSSR count). The first-order valence-electron chi connectivity index (χ1n) is 4.72. The highest BCUT2D eigenvalue weighted by Crippen LogP contribution is 2.27. The topological polar surface area (TPSA) is 79.0 Å². The van der Waals surface area contributed by atoms with E-state index in [0.717, 1.165) is 12.8 Å². The van der Waals surface area contributed by atoms with Crippen LogP contribution in [0, 0.1) is 11.3 Å². The van der Waals surface area contributed by atoms with Gasteiger partial charge in [-0.2, -0.15) is 0 Å². The lowest BCUT2D eigenvalue weighted by atomic mass is 9.97. The second kappa shape index (κ2) is 4.25. The van der Waals surface area contributed by atoms with E-state index in [9.17, 15) is 4.79 Å². The first-order chi connectivity index (χ1) is 6.11. The van der Waals surface area contributed by atoms with E-state index in [-0.39, 0.29) is 11.9 Å². The van der Waals surface area contributed by atoms with Gasteiger partial charge >= 0.3 is 0 Å².